The maximum atomic E-state index is 11.1. The third-order valence-corrected chi connectivity index (χ3v) is 6.87. The predicted octanol–water partition coefficient (Wildman–Crippen LogP) is 5.88. The van der Waals surface area contributed by atoms with Crippen molar-refractivity contribution < 1.29 is 19.5 Å². The van der Waals surface area contributed by atoms with Crippen LogP contribution in [0.5, 0.6) is 5.75 Å². The van der Waals surface area contributed by atoms with Gasteiger partial charge in [-0.3, -0.25) is 4.57 Å². The number of hydrogen-bond acceptors (Lipinski definition) is 7. The molecule has 37 heavy (non-hydrogen) atoms. The second-order valence-electron chi connectivity index (χ2n) is 9.26. The first kappa shape index (κ1) is 27.2. The molecular weight excluding hydrogens is 519 g/mol. The SMILES string of the molecule is CC(O)CC(Oc1ccc(N2CCC(COCc3ccc(Cl)cc3)CC2)cc1)n1cc([N+](=O)[O-])nc1Cl. The lowest BCUT2D eigenvalue weighted by atomic mass is 9.97. The zero-order valence-electron chi connectivity index (χ0n) is 20.5. The molecule has 0 spiro atoms. The van der Waals surface area contributed by atoms with Gasteiger partial charge in [-0.25, -0.2) is 0 Å². The fraction of sp³-hybridized carbons (Fsp3) is 0.423. The number of imidazole rings is 1. The highest BCUT2D eigenvalue weighted by Gasteiger charge is 2.26. The van der Waals surface area contributed by atoms with E-state index in [1.165, 1.54) is 10.8 Å². The molecule has 2 heterocycles. The molecule has 1 saturated heterocycles. The van der Waals surface area contributed by atoms with Crippen LogP contribution in [0, 0.1) is 16.0 Å². The second kappa shape index (κ2) is 12.6. The Morgan fingerprint density at radius 2 is 1.81 bits per heavy atom. The molecular formula is C26H30Cl2N4O5. The average Bonchev–Trinajstić information content (AvgIpc) is 3.27. The van der Waals surface area contributed by atoms with Gasteiger partial charge in [0.15, 0.2) is 6.23 Å². The van der Waals surface area contributed by atoms with Crippen LogP contribution < -0.4 is 9.64 Å². The molecule has 1 fully saturated rings. The van der Waals surface area contributed by atoms with E-state index in [4.69, 9.17) is 32.7 Å². The minimum atomic E-state index is -0.747. The minimum Gasteiger partial charge on any atom is -0.470 e. The molecule has 0 aliphatic carbocycles. The normalized spacial score (nSPS) is 15.9. The monoisotopic (exact) mass is 548 g/mol. The van der Waals surface area contributed by atoms with Crippen LogP contribution >= 0.6 is 23.2 Å². The summed E-state index contributed by atoms with van der Waals surface area (Å²) in [6, 6.07) is 15.4. The van der Waals surface area contributed by atoms with E-state index in [0.29, 0.717) is 18.3 Å². The van der Waals surface area contributed by atoms with Crippen LogP contribution in [0.15, 0.2) is 54.7 Å². The number of piperidine rings is 1. The number of ether oxygens (including phenoxy) is 2. The number of halogens is 2. The van der Waals surface area contributed by atoms with Crippen molar-refractivity contribution in [2.45, 2.75) is 45.1 Å². The summed E-state index contributed by atoms with van der Waals surface area (Å²) < 4.78 is 13.3. The Kier molecular flexibility index (Phi) is 9.26. The summed E-state index contributed by atoms with van der Waals surface area (Å²) in [6.45, 7) is 4.82. The van der Waals surface area contributed by atoms with Gasteiger partial charge < -0.3 is 29.6 Å². The molecule has 9 nitrogen and oxygen atoms in total. The first-order chi connectivity index (χ1) is 17.8. The Bertz CT molecular complexity index is 1160. The van der Waals surface area contributed by atoms with E-state index in [1.807, 2.05) is 48.5 Å². The fourth-order valence-electron chi connectivity index (χ4n) is 4.33. The van der Waals surface area contributed by atoms with Gasteiger partial charge in [-0.15, -0.1) is 0 Å². The second-order valence-corrected chi connectivity index (χ2v) is 10.0. The van der Waals surface area contributed by atoms with Crippen molar-refractivity contribution in [3.05, 3.63) is 80.7 Å². The molecule has 198 valence electrons. The number of hydrogen-bond donors (Lipinski definition) is 1. The summed E-state index contributed by atoms with van der Waals surface area (Å²) in [6.07, 6.45) is 2.04. The van der Waals surface area contributed by atoms with Gasteiger partial charge in [-0.2, -0.15) is 0 Å². The number of anilines is 1. The lowest BCUT2D eigenvalue weighted by Crippen LogP contribution is -2.35. The Morgan fingerprint density at radius 3 is 2.41 bits per heavy atom. The van der Waals surface area contributed by atoms with Gasteiger partial charge in [0.25, 0.3) is 0 Å². The summed E-state index contributed by atoms with van der Waals surface area (Å²) in [7, 11) is 0. The molecule has 0 amide bonds. The van der Waals surface area contributed by atoms with Crippen molar-refractivity contribution in [1.29, 1.82) is 0 Å². The standard InChI is InChI=1S/C26H30Cl2N4O5/c1-18(33)14-25(31-15-24(32(34)35)29-26(31)28)37-23-8-6-22(7-9-23)30-12-10-20(11-13-30)17-36-16-19-2-4-21(27)5-3-19/h2-9,15,18,20,25,33H,10-14,16-17H2,1H3. The van der Waals surface area contributed by atoms with Crippen molar-refractivity contribution in [3.8, 4) is 5.75 Å². The molecule has 11 heteroatoms. The number of rotatable bonds is 11. The van der Waals surface area contributed by atoms with Crippen LogP contribution in [-0.4, -0.2) is 45.4 Å². The summed E-state index contributed by atoms with van der Waals surface area (Å²) in [5.74, 6) is 0.710. The van der Waals surface area contributed by atoms with Gasteiger partial charge >= 0.3 is 11.1 Å². The van der Waals surface area contributed by atoms with Gasteiger partial charge in [0, 0.05) is 36.8 Å². The van der Waals surface area contributed by atoms with E-state index in [-0.39, 0.29) is 17.5 Å². The van der Waals surface area contributed by atoms with Crippen LogP contribution in [0.2, 0.25) is 10.3 Å². The molecule has 1 N–H and O–H groups in total. The highest BCUT2D eigenvalue weighted by atomic mass is 35.5. The van der Waals surface area contributed by atoms with Crippen molar-refractivity contribution in [2.75, 3.05) is 24.6 Å². The summed E-state index contributed by atoms with van der Waals surface area (Å²) in [5.41, 5.74) is 2.21. The van der Waals surface area contributed by atoms with Gasteiger partial charge in [0.2, 0.25) is 0 Å². The maximum Gasteiger partial charge on any atom is 0.383 e. The highest BCUT2D eigenvalue weighted by Crippen LogP contribution is 2.30. The molecule has 4 rings (SSSR count). The smallest absolute Gasteiger partial charge is 0.383 e. The predicted molar refractivity (Wildman–Crippen MR) is 142 cm³/mol. The van der Waals surface area contributed by atoms with Gasteiger partial charge in [-0.05, 0) is 89.2 Å². The molecule has 2 unspecified atom stereocenters. The van der Waals surface area contributed by atoms with E-state index in [1.54, 1.807) is 6.92 Å². The number of benzene rings is 2. The largest absolute Gasteiger partial charge is 0.470 e. The van der Waals surface area contributed by atoms with E-state index in [0.717, 1.165) is 48.8 Å². The quantitative estimate of drug-likeness (QED) is 0.235. The Hall–Kier alpha value is -2.85. The molecule has 0 saturated carbocycles. The first-order valence-corrected chi connectivity index (χ1v) is 12.9. The molecule has 1 aliphatic heterocycles. The number of aliphatic hydroxyl groups is 1. The van der Waals surface area contributed by atoms with Crippen molar-refractivity contribution in [3.63, 3.8) is 0 Å². The van der Waals surface area contributed by atoms with Gasteiger partial charge in [-0.1, -0.05) is 23.7 Å². The molecule has 1 aromatic heterocycles. The van der Waals surface area contributed by atoms with Crippen molar-refractivity contribution >= 4 is 34.7 Å². The number of nitrogens with zero attached hydrogens (tertiary/aromatic N) is 4. The third-order valence-electron chi connectivity index (χ3n) is 6.34. The third kappa shape index (κ3) is 7.58. The van der Waals surface area contributed by atoms with E-state index >= 15 is 0 Å². The Labute approximate surface area is 225 Å². The molecule has 0 bridgehead atoms. The molecule has 2 aromatic carbocycles. The molecule has 3 aromatic rings. The van der Waals surface area contributed by atoms with Crippen molar-refractivity contribution in [1.82, 2.24) is 9.55 Å². The Balaban J connectivity index is 1.29. The van der Waals surface area contributed by atoms with Crippen LogP contribution in [-0.2, 0) is 11.3 Å². The Morgan fingerprint density at radius 1 is 1.14 bits per heavy atom. The van der Waals surface area contributed by atoms with Crippen molar-refractivity contribution in [2.24, 2.45) is 5.92 Å². The maximum absolute atomic E-state index is 11.1. The highest BCUT2D eigenvalue weighted by molar-refractivity contribution is 6.30. The van der Waals surface area contributed by atoms with Crippen LogP contribution in [0.25, 0.3) is 0 Å². The fourth-order valence-corrected chi connectivity index (χ4v) is 4.70. The summed E-state index contributed by atoms with van der Waals surface area (Å²) in [5, 5.41) is 21.6. The zero-order chi connectivity index (χ0) is 26.4. The number of nitro groups is 1. The zero-order valence-corrected chi connectivity index (χ0v) is 22.0. The van der Waals surface area contributed by atoms with E-state index < -0.39 is 17.3 Å². The van der Waals surface area contributed by atoms with Gasteiger partial charge in [0.1, 0.15) is 11.9 Å². The lowest BCUT2D eigenvalue weighted by Gasteiger charge is -2.33. The molecule has 2 atom stereocenters. The van der Waals surface area contributed by atoms with Gasteiger partial charge in [0.05, 0.1) is 12.7 Å². The number of aromatic nitrogens is 2. The average molecular weight is 549 g/mol. The van der Waals surface area contributed by atoms with E-state index in [2.05, 4.69) is 9.88 Å². The van der Waals surface area contributed by atoms with Crippen LogP contribution in [0.3, 0.4) is 0 Å². The number of aliphatic hydroxyl groups excluding tert-OH is 1. The molecule has 0 radical (unpaired) electrons. The molecule has 1 aliphatic rings. The van der Waals surface area contributed by atoms with E-state index in [9.17, 15) is 15.2 Å². The summed E-state index contributed by atoms with van der Waals surface area (Å²) >= 11 is 12.0. The van der Waals surface area contributed by atoms with Crippen LogP contribution in [0.1, 0.15) is 38.0 Å². The summed E-state index contributed by atoms with van der Waals surface area (Å²) in [4.78, 5) is 16.5. The van der Waals surface area contributed by atoms with Crippen LogP contribution in [0.4, 0.5) is 11.5 Å². The topological polar surface area (TPSA) is 103 Å². The minimum absolute atomic E-state index is 0.0750. The first-order valence-electron chi connectivity index (χ1n) is 12.2. The lowest BCUT2D eigenvalue weighted by molar-refractivity contribution is -0.389.